The Kier molecular flexibility index (Phi) is 10.8. The summed E-state index contributed by atoms with van der Waals surface area (Å²) in [4.78, 5) is 21.4. The Balaban J connectivity index is 0.00000216. The number of nitrogens with zero attached hydrogens (tertiary/aromatic N) is 3. The van der Waals surface area contributed by atoms with Crippen molar-refractivity contribution in [1.82, 2.24) is 9.88 Å². The van der Waals surface area contributed by atoms with Gasteiger partial charge in [0.2, 0.25) is 0 Å². The number of aryl methyl sites for hydroxylation is 1. The van der Waals surface area contributed by atoms with Crippen molar-refractivity contribution < 1.29 is 13.9 Å². The fraction of sp³-hybridized carbons (Fsp3) is 0.308. The number of pyridine rings is 1. The van der Waals surface area contributed by atoms with Crippen molar-refractivity contribution in [3.63, 3.8) is 0 Å². The lowest BCUT2D eigenvalue weighted by molar-refractivity contribution is 0.0762. The van der Waals surface area contributed by atoms with Gasteiger partial charge in [0.05, 0.1) is 5.56 Å². The van der Waals surface area contributed by atoms with Crippen LogP contribution in [-0.4, -0.2) is 48.5 Å². The summed E-state index contributed by atoms with van der Waals surface area (Å²) in [5, 5.41) is 0. The van der Waals surface area contributed by atoms with Crippen LogP contribution in [0.25, 0.3) is 0 Å². The molecule has 0 bridgehead atoms. The maximum absolute atomic E-state index is 14.6. The second-order valence-electron chi connectivity index (χ2n) is 8.21. The minimum Gasteiger partial charge on any atom is -0.457 e. The monoisotopic (exact) mass is 520 g/mol. The van der Waals surface area contributed by atoms with Gasteiger partial charge in [0.1, 0.15) is 17.3 Å². The summed E-state index contributed by atoms with van der Waals surface area (Å²) >= 11 is 0. The molecular formula is C26H31Cl2FN4O2. The molecule has 188 valence electrons. The Labute approximate surface area is 218 Å². The van der Waals surface area contributed by atoms with Gasteiger partial charge in [-0.1, -0.05) is 12.1 Å². The van der Waals surface area contributed by atoms with Crippen molar-refractivity contribution in [3.8, 4) is 11.5 Å². The quantitative estimate of drug-likeness (QED) is 0.494. The first-order valence-corrected chi connectivity index (χ1v) is 11.3. The lowest BCUT2D eigenvalue weighted by atomic mass is 10.1. The van der Waals surface area contributed by atoms with Crippen LogP contribution in [0.4, 0.5) is 10.1 Å². The first-order chi connectivity index (χ1) is 16.0. The molecule has 1 aliphatic rings. The molecule has 0 radical (unpaired) electrons. The highest BCUT2D eigenvalue weighted by molar-refractivity contribution is 5.95. The molecule has 0 atom stereocenters. The number of amides is 1. The average molecular weight is 521 g/mol. The van der Waals surface area contributed by atoms with E-state index in [0.29, 0.717) is 37.7 Å². The first kappa shape index (κ1) is 28.4. The van der Waals surface area contributed by atoms with Crippen LogP contribution in [0.2, 0.25) is 0 Å². The van der Waals surface area contributed by atoms with E-state index in [2.05, 4.69) is 9.88 Å². The molecule has 0 aliphatic carbocycles. The van der Waals surface area contributed by atoms with E-state index in [9.17, 15) is 9.18 Å². The summed E-state index contributed by atoms with van der Waals surface area (Å²) in [6, 6.07) is 15.9. The molecule has 3 aromatic rings. The molecular weight excluding hydrogens is 490 g/mol. The number of halogens is 3. The van der Waals surface area contributed by atoms with Gasteiger partial charge in [0, 0.05) is 43.8 Å². The predicted octanol–water partition coefficient (Wildman–Crippen LogP) is 5.02. The Hall–Kier alpha value is -2.87. The highest BCUT2D eigenvalue weighted by Gasteiger charge is 2.23. The number of nitrogens with two attached hydrogens (primary N) is 1. The van der Waals surface area contributed by atoms with Crippen LogP contribution in [0.15, 0.2) is 60.8 Å². The van der Waals surface area contributed by atoms with Crippen molar-refractivity contribution >= 4 is 36.4 Å². The third-order valence-corrected chi connectivity index (χ3v) is 5.79. The fourth-order valence-electron chi connectivity index (χ4n) is 4.04. The third-order valence-electron chi connectivity index (χ3n) is 5.79. The van der Waals surface area contributed by atoms with Crippen molar-refractivity contribution in [1.29, 1.82) is 0 Å². The number of aromatic nitrogens is 1. The normalized spacial score (nSPS) is 13.3. The zero-order valence-corrected chi connectivity index (χ0v) is 21.3. The minimum absolute atomic E-state index is 0. The lowest BCUT2D eigenvalue weighted by Crippen LogP contribution is -2.35. The number of benzene rings is 2. The Morgan fingerprint density at radius 1 is 1.00 bits per heavy atom. The summed E-state index contributed by atoms with van der Waals surface area (Å²) in [6.45, 7) is 5.16. The Morgan fingerprint density at radius 3 is 2.46 bits per heavy atom. The molecule has 1 amide bonds. The molecule has 2 heterocycles. The van der Waals surface area contributed by atoms with Crippen molar-refractivity contribution in [2.75, 3.05) is 37.6 Å². The van der Waals surface area contributed by atoms with Gasteiger partial charge in [-0.25, -0.2) is 4.39 Å². The van der Waals surface area contributed by atoms with Crippen molar-refractivity contribution in [2.45, 2.75) is 19.8 Å². The number of carbonyl (C=O) groups excluding carboxylic acids is 1. The molecule has 6 nitrogen and oxygen atoms in total. The topological polar surface area (TPSA) is 71.7 Å². The maximum Gasteiger partial charge on any atom is 0.257 e. The smallest absolute Gasteiger partial charge is 0.257 e. The molecule has 0 saturated carbocycles. The second kappa shape index (κ2) is 13.3. The van der Waals surface area contributed by atoms with E-state index in [0.717, 1.165) is 36.3 Å². The van der Waals surface area contributed by atoms with Gasteiger partial charge in [0.15, 0.2) is 0 Å². The minimum atomic E-state index is -0.545. The Bertz CT molecular complexity index is 1110. The average Bonchev–Trinajstić information content (AvgIpc) is 3.08. The van der Waals surface area contributed by atoms with Crippen molar-refractivity contribution in [2.24, 2.45) is 5.73 Å². The van der Waals surface area contributed by atoms with Gasteiger partial charge in [0.25, 0.3) is 5.91 Å². The molecule has 4 rings (SSSR count). The van der Waals surface area contributed by atoms with E-state index in [1.807, 2.05) is 43.3 Å². The highest BCUT2D eigenvalue weighted by Crippen LogP contribution is 2.25. The zero-order chi connectivity index (χ0) is 23.2. The summed E-state index contributed by atoms with van der Waals surface area (Å²) in [6.07, 6.45) is 3.40. The van der Waals surface area contributed by atoms with Gasteiger partial charge in [-0.3, -0.25) is 9.78 Å². The molecule has 1 saturated heterocycles. The summed E-state index contributed by atoms with van der Waals surface area (Å²) in [5.74, 6) is 0.189. The summed E-state index contributed by atoms with van der Waals surface area (Å²) in [7, 11) is 0. The first-order valence-electron chi connectivity index (χ1n) is 11.3. The number of ether oxygens (including phenoxy) is 1. The standard InChI is InChI=1S/C26H29FN4O2.2ClH/c1-19-17-21(10-12-29-19)30-13-2-14-31(16-15-30)26(32)24-18-23(7-8-25(24)27)33-22-5-3-20(4-6-22)9-11-28;;/h3-8,10,12,17-18H,2,9,11,13-16,28H2,1H3;2*1H. The van der Waals surface area contributed by atoms with E-state index in [1.54, 1.807) is 11.1 Å². The highest BCUT2D eigenvalue weighted by atomic mass is 35.5. The van der Waals surface area contributed by atoms with Gasteiger partial charge in [-0.05, 0) is 74.3 Å². The lowest BCUT2D eigenvalue weighted by Gasteiger charge is -2.24. The van der Waals surface area contributed by atoms with Gasteiger partial charge < -0.3 is 20.3 Å². The maximum atomic E-state index is 14.6. The van der Waals surface area contributed by atoms with Gasteiger partial charge >= 0.3 is 0 Å². The van der Waals surface area contributed by atoms with Crippen LogP contribution < -0.4 is 15.4 Å². The molecule has 2 aromatic carbocycles. The van der Waals surface area contributed by atoms with E-state index in [-0.39, 0.29) is 36.3 Å². The molecule has 35 heavy (non-hydrogen) atoms. The molecule has 1 fully saturated rings. The van der Waals surface area contributed by atoms with Crippen LogP contribution in [-0.2, 0) is 6.42 Å². The second-order valence-corrected chi connectivity index (χ2v) is 8.21. The van der Waals surface area contributed by atoms with E-state index in [4.69, 9.17) is 10.5 Å². The molecule has 9 heteroatoms. The van der Waals surface area contributed by atoms with Crippen LogP contribution >= 0.6 is 24.8 Å². The van der Waals surface area contributed by atoms with Gasteiger partial charge in [-0.2, -0.15) is 0 Å². The van der Waals surface area contributed by atoms with E-state index in [1.165, 1.54) is 18.2 Å². The molecule has 1 aromatic heterocycles. The SMILES string of the molecule is Cc1cc(N2CCCN(C(=O)c3cc(Oc4ccc(CCN)cc4)ccc3F)CC2)ccn1.Cl.Cl. The fourth-order valence-corrected chi connectivity index (χ4v) is 4.04. The number of anilines is 1. The van der Waals surface area contributed by atoms with Crippen LogP contribution in [0.5, 0.6) is 11.5 Å². The molecule has 0 unspecified atom stereocenters. The number of carbonyl (C=O) groups is 1. The molecule has 2 N–H and O–H groups in total. The van der Waals surface area contributed by atoms with Crippen LogP contribution in [0.1, 0.15) is 28.0 Å². The van der Waals surface area contributed by atoms with Gasteiger partial charge in [-0.15, -0.1) is 24.8 Å². The molecule has 0 spiro atoms. The van der Waals surface area contributed by atoms with E-state index < -0.39 is 5.82 Å². The largest absolute Gasteiger partial charge is 0.457 e. The third kappa shape index (κ3) is 7.31. The predicted molar refractivity (Wildman–Crippen MR) is 142 cm³/mol. The number of hydrogen-bond donors (Lipinski definition) is 1. The summed E-state index contributed by atoms with van der Waals surface area (Å²) in [5.41, 5.74) is 8.79. The summed E-state index contributed by atoms with van der Waals surface area (Å²) < 4.78 is 20.5. The van der Waals surface area contributed by atoms with E-state index >= 15 is 0 Å². The van der Waals surface area contributed by atoms with Crippen molar-refractivity contribution in [3.05, 3.63) is 83.4 Å². The Morgan fingerprint density at radius 2 is 1.74 bits per heavy atom. The van der Waals surface area contributed by atoms with Crippen LogP contribution in [0.3, 0.4) is 0 Å². The molecule has 1 aliphatic heterocycles. The number of hydrogen-bond acceptors (Lipinski definition) is 5. The van der Waals surface area contributed by atoms with Crippen LogP contribution in [0, 0.1) is 12.7 Å². The zero-order valence-electron chi connectivity index (χ0n) is 19.7. The number of rotatable bonds is 6.